The molecule has 8 heteroatoms. The van der Waals surface area contributed by atoms with Gasteiger partial charge in [0.15, 0.2) is 0 Å². The van der Waals surface area contributed by atoms with Crippen LogP contribution < -0.4 is 11.1 Å². The number of aromatic nitrogens is 2. The summed E-state index contributed by atoms with van der Waals surface area (Å²) in [5.74, 6) is 0.237. The van der Waals surface area contributed by atoms with E-state index in [0.29, 0.717) is 34.8 Å². The summed E-state index contributed by atoms with van der Waals surface area (Å²) in [6.07, 6.45) is 3.14. The summed E-state index contributed by atoms with van der Waals surface area (Å²) in [7, 11) is 0. The fraction of sp³-hybridized carbons (Fsp3) is 0.450. The molecule has 0 spiro atoms. The molecule has 4 rings (SSSR count). The van der Waals surface area contributed by atoms with Gasteiger partial charge in [0.2, 0.25) is 0 Å². The zero-order valence-electron chi connectivity index (χ0n) is 16.2. The van der Waals surface area contributed by atoms with Gasteiger partial charge in [-0.3, -0.25) is 4.79 Å². The molecule has 150 valence electrons. The van der Waals surface area contributed by atoms with E-state index in [1.165, 1.54) is 9.75 Å². The predicted octanol–water partition coefficient (Wildman–Crippen LogP) is 4.16. The first kappa shape index (κ1) is 20.8. The number of halogens is 1. The Hall–Kier alpha value is -1.96. The monoisotopic (exact) mass is 420 g/mol. The molecule has 0 radical (unpaired) electrons. The molecule has 1 fully saturated rings. The Labute approximate surface area is 174 Å². The Balaban J connectivity index is 0.00000225. The zero-order chi connectivity index (χ0) is 19.1. The molecule has 3 aromatic rings. The van der Waals surface area contributed by atoms with Gasteiger partial charge >= 0.3 is 0 Å². The van der Waals surface area contributed by atoms with Gasteiger partial charge in [-0.25, -0.2) is 4.98 Å². The normalized spacial score (nSPS) is 19.0. The maximum Gasteiger partial charge on any atom is 0.259 e. The van der Waals surface area contributed by atoms with Gasteiger partial charge in [-0.2, -0.15) is 0 Å². The van der Waals surface area contributed by atoms with E-state index in [1.807, 2.05) is 13.0 Å². The molecular weight excluding hydrogens is 396 g/mol. The summed E-state index contributed by atoms with van der Waals surface area (Å²) in [6.45, 7) is 6.57. The summed E-state index contributed by atoms with van der Waals surface area (Å²) in [5, 5.41) is 7.90. The van der Waals surface area contributed by atoms with Crippen molar-refractivity contribution in [1.29, 1.82) is 0 Å². The smallest absolute Gasteiger partial charge is 0.259 e. The molecule has 2 atom stereocenters. The molecule has 3 heterocycles. The molecule has 28 heavy (non-hydrogen) atoms. The van der Waals surface area contributed by atoms with Crippen LogP contribution in [0, 0.1) is 26.7 Å². The van der Waals surface area contributed by atoms with Crippen molar-refractivity contribution in [3.05, 3.63) is 33.1 Å². The molecule has 0 saturated heterocycles. The summed E-state index contributed by atoms with van der Waals surface area (Å²) in [5.41, 5.74) is 9.29. The molecule has 0 aromatic carbocycles. The van der Waals surface area contributed by atoms with E-state index in [2.05, 4.69) is 35.4 Å². The van der Waals surface area contributed by atoms with Gasteiger partial charge in [-0.1, -0.05) is 11.6 Å². The first-order chi connectivity index (χ1) is 13.0. The minimum atomic E-state index is -0.107. The van der Waals surface area contributed by atoms with Crippen LogP contribution in [0.4, 0.5) is 0 Å². The van der Waals surface area contributed by atoms with Gasteiger partial charge in [0, 0.05) is 21.4 Å². The van der Waals surface area contributed by atoms with Crippen molar-refractivity contribution in [1.82, 2.24) is 15.5 Å². The van der Waals surface area contributed by atoms with Gasteiger partial charge in [-0.05, 0) is 58.2 Å². The van der Waals surface area contributed by atoms with Crippen molar-refractivity contribution in [2.24, 2.45) is 11.7 Å². The molecule has 1 saturated carbocycles. The number of aryl methyl sites for hydroxylation is 3. The summed E-state index contributed by atoms with van der Waals surface area (Å²) < 4.78 is 5.40. The van der Waals surface area contributed by atoms with E-state index >= 15 is 0 Å². The number of hydrogen-bond donors (Lipinski definition) is 2. The molecule has 0 bridgehead atoms. The van der Waals surface area contributed by atoms with Crippen LogP contribution in [0.15, 0.2) is 16.7 Å². The van der Waals surface area contributed by atoms with Crippen molar-refractivity contribution in [3.63, 3.8) is 0 Å². The van der Waals surface area contributed by atoms with Crippen LogP contribution in [0.5, 0.6) is 0 Å². The second kappa shape index (κ2) is 8.19. The summed E-state index contributed by atoms with van der Waals surface area (Å²) in [4.78, 5) is 20.2. The van der Waals surface area contributed by atoms with Crippen LogP contribution in [-0.4, -0.2) is 28.6 Å². The lowest BCUT2D eigenvalue weighted by Crippen LogP contribution is -2.40. The van der Waals surface area contributed by atoms with Crippen LogP contribution in [0.1, 0.15) is 45.1 Å². The van der Waals surface area contributed by atoms with Crippen molar-refractivity contribution in [2.75, 3.05) is 6.54 Å². The SMILES string of the molecule is Cc1cc(-c2cc(C(=O)NC3CCCC3CN)c3c(C)noc3n2)c(C)s1.Cl. The second-order valence-electron chi connectivity index (χ2n) is 7.34. The largest absolute Gasteiger partial charge is 0.349 e. The van der Waals surface area contributed by atoms with Crippen molar-refractivity contribution < 1.29 is 9.32 Å². The van der Waals surface area contributed by atoms with Gasteiger partial charge < -0.3 is 15.6 Å². The third kappa shape index (κ3) is 3.66. The zero-order valence-corrected chi connectivity index (χ0v) is 17.9. The standard InChI is InChI=1S/C20H24N4O2S.ClH/c1-10-7-14(12(3)27-10)17-8-15(18-11(2)24-26-20(18)23-17)19(25)22-16-6-4-5-13(16)9-21;/h7-8,13,16H,4-6,9,21H2,1-3H3,(H,22,25);1H. The summed E-state index contributed by atoms with van der Waals surface area (Å²) in [6, 6.07) is 4.09. The predicted molar refractivity (Wildman–Crippen MR) is 114 cm³/mol. The molecule has 2 unspecified atom stereocenters. The average Bonchev–Trinajstić information content (AvgIpc) is 3.33. The number of pyridine rings is 1. The van der Waals surface area contributed by atoms with Crippen molar-refractivity contribution in [3.8, 4) is 11.3 Å². The highest BCUT2D eigenvalue weighted by Crippen LogP contribution is 2.33. The number of carbonyl (C=O) groups excluding carboxylic acids is 1. The number of nitrogens with zero attached hydrogens (tertiary/aromatic N) is 2. The molecule has 3 N–H and O–H groups in total. The van der Waals surface area contributed by atoms with Crippen LogP contribution >= 0.6 is 23.7 Å². The number of amides is 1. The lowest BCUT2D eigenvalue weighted by atomic mass is 10.0. The number of carbonyl (C=O) groups is 1. The number of nitrogens with one attached hydrogen (secondary N) is 1. The quantitative estimate of drug-likeness (QED) is 0.661. The lowest BCUT2D eigenvalue weighted by Gasteiger charge is -2.19. The Morgan fingerprint density at radius 1 is 1.32 bits per heavy atom. The van der Waals surface area contributed by atoms with E-state index in [0.717, 1.165) is 30.5 Å². The molecule has 3 aromatic heterocycles. The molecular formula is C20H25ClN4O2S. The van der Waals surface area contributed by atoms with E-state index < -0.39 is 0 Å². The molecule has 0 aliphatic heterocycles. The summed E-state index contributed by atoms with van der Waals surface area (Å²) >= 11 is 1.72. The molecule has 1 amide bonds. The van der Waals surface area contributed by atoms with Crippen LogP contribution in [-0.2, 0) is 0 Å². The number of fused-ring (bicyclic) bond motifs is 1. The average molecular weight is 421 g/mol. The number of nitrogens with two attached hydrogens (primary N) is 1. The Morgan fingerprint density at radius 3 is 2.79 bits per heavy atom. The van der Waals surface area contributed by atoms with Gasteiger partial charge in [-0.15, -0.1) is 23.7 Å². The highest BCUT2D eigenvalue weighted by molar-refractivity contribution is 7.12. The first-order valence-corrected chi connectivity index (χ1v) is 10.1. The number of hydrogen-bond acceptors (Lipinski definition) is 6. The van der Waals surface area contributed by atoms with Gasteiger partial charge in [0.25, 0.3) is 11.6 Å². The third-order valence-corrected chi connectivity index (χ3v) is 6.42. The molecule has 6 nitrogen and oxygen atoms in total. The van der Waals surface area contributed by atoms with Crippen molar-refractivity contribution in [2.45, 2.75) is 46.1 Å². The Bertz CT molecular complexity index is 1010. The first-order valence-electron chi connectivity index (χ1n) is 9.33. The van der Waals surface area contributed by atoms with Gasteiger partial charge in [0.1, 0.15) is 0 Å². The third-order valence-electron chi connectivity index (χ3n) is 5.46. The second-order valence-corrected chi connectivity index (χ2v) is 8.80. The minimum absolute atomic E-state index is 0. The fourth-order valence-corrected chi connectivity index (χ4v) is 4.99. The van der Waals surface area contributed by atoms with Crippen LogP contribution in [0.3, 0.4) is 0 Å². The van der Waals surface area contributed by atoms with Crippen LogP contribution in [0.2, 0.25) is 0 Å². The minimum Gasteiger partial charge on any atom is -0.349 e. The Morgan fingerprint density at radius 2 is 2.11 bits per heavy atom. The topological polar surface area (TPSA) is 94.0 Å². The molecule has 1 aliphatic carbocycles. The highest BCUT2D eigenvalue weighted by atomic mass is 35.5. The van der Waals surface area contributed by atoms with Crippen molar-refractivity contribution >= 4 is 40.8 Å². The molecule has 1 aliphatic rings. The number of thiophene rings is 1. The fourth-order valence-electron chi connectivity index (χ4n) is 4.05. The maximum atomic E-state index is 13.2. The van der Waals surface area contributed by atoms with E-state index in [9.17, 15) is 4.79 Å². The Kier molecular flexibility index (Phi) is 6.07. The van der Waals surface area contributed by atoms with E-state index in [4.69, 9.17) is 10.3 Å². The highest BCUT2D eigenvalue weighted by Gasteiger charge is 2.29. The van der Waals surface area contributed by atoms with Gasteiger partial charge in [0.05, 0.1) is 22.3 Å². The number of rotatable bonds is 4. The van der Waals surface area contributed by atoms with E-state index in [1.54, 1.807) is 11.3 Å². The maximum absolute atomic E-state index is 13.2. The van der Waals surface area contributed by atoms with Crippen LogP contribution in [0.25, 0.3) is 22.4 Å². The lowest BCUT2D eigenvalue weighted by molar-refractivity contribution is 0.0930. The van der Waals surface area contributed by atoms with E-state index in [-0.39, 0.29) is 24.4 Å².